The summed E-state index contributed by atoms with van der Waals surface area (Å²) in [5.74, 6) is -1.11. The van der Waals surface area contributed by atoms with Gasteiger partial charge in [0.2, 0.25) is 5.88 Å². The number of carboxylic acid groups (broad SMARTS) is 1. The zero-order valence-electron chi connectivity index (χ0n) is 14.8. The molecule has 0 radical (unpaired) electrons. The summed E-state index contributed by atoms with van der Waals surface area (Å²) in [6.07, 6.45) is 1.93. The van der Waals surface area contributed by atoms with Crippen LogP contribution >= 0.6 is 0 Å². The maximum Gasteiger partial charge on any atom is 0.317 e. The van der Waals surface area contributed by atoms with Gasteiger partial charge in [-0.3, -0.25) is 4.79 Å². The standard InChI is InChI=1S/C19H20FN3O4/c1-19(17(24)25)7-9-23(12-19)18(26)22-11-13-6-8-21-16(10-13)27-15-5-3-2-4-14(15)20/h2-6,8,10H,7,9,11-12H2,1H3,(H,22,26)(H,24,25). The number of urea groups is 1. The largest absolute Gasteiger partial charge is 0.481 e. The first-order valence-corrected chi connectivity index (χ1v) is 8.51. The number of carboxylic acids is 1. The highest BCUT2D eigenvalue weighted by molar-refractivity contribution is 5.79. The molecule has 1 atom stereocenters. The molecule has 1 saturated heterocycles. The van der Waals surface area contributed by atoms with E-state index in [4.69, 9.17) is 4.74 Å². The summed E-state index contributed by atoms with van der Waals surface area (Å²) in [6.45, 7) is 2.42. The van der Waals surface area contributed by atoms with Crippen molar-refractivity contribution < 1.29 is 23.8 Å². The van der Waals surface area contributed by atoms with Crippen molar-refractivity contribution in [1.82, 2.24) is 15.2 Å². The van der Waals surface area contributed by atoms with Crippen molar-refractivity contribution >= 4 is 12.0 Å². The number of carbonyl (C=O) groups excluding carboxylic acids is 1. The van der Waals surface area contributed by atoms with E-state index in [-0.39, 0.29) is 30.8 Å². The van der Waals surface area contributed by atoms with Gasteiger partial charge in [0.15, 0.2) is 11.6 Å². The summed E-state index contributed by atoms with van der Waals surface area (Å²) in [4.78, 5) is 29.1. The fraction of sp³-hybridized carbons (Fsp3) is 0.316. The van der Waals surface area contributed by atoms with Crippen molar-refractivity contribution in [3.05, 3.63) is 54.0 Å². The van der Waals surface area contributed by atoms with Crippen LogP contribution in [-0.4, -0.2) is 40.1 Å². The van der Waals surface area contributed by atoms with Crippen LogP contribution in [0, 0.1) is 11.2 Å². The van der Waals surface area contributed by atoms with Crippen LogP contribution < -0.4 is 10.1 Å². The molecular formula is C19H20FN3O4. The number of amides is 2. The molecule has 7 nitrogen and oxygen atoms in total. The SMILES string of the molecule is CC1(C(=O)O)CCN(C(=O)NCc2ccnc(Oc3ccccc3F)c2)C1. The highest BCUT2D eigenvalue weighted by Crippen LogP contribution is 2.30. The normalized spacial score (nSPS) is 19.0. The molecular weight excluding hydrogens is 353 g/mol. The Morgan fingerprint density at radius 2 is 2.15 bits per heavy atom. The molecule has 2 amide bonds. The van der Waals surface area contributed by atoms with Crippen molar-refractivity contribution in [1.29, 1.82) is 0 Å². The van der Waals surface area contributed by atoms with E-state index in [1.165, 1.54) is 23.2 Å². The van der Waals surface area contributed by atoms with Gasteiger partial charge in [0.25, 0.3) is 0 Å². The Balaban J connectivity index is 1.58. The van der Waals surface area contributed by atoms with E-state index >= 15 is 0 Å². The molecule has 0 bridgehead atoms. The first-order chi connectivity index (χ1) is 12.9. The zero-order valence-corrected chi connectivity index (χ0v) is 14.8. The number of carbonyl (C=O) groups is 2. The summed E-state index contributed by atoms with van der Waals surface area (Å²) in [7, 11) is 0. The van der Waals surface area contributed by atoms with Crippen molar-refractivity contribution in [3.8, 4) is 11.6 Å². The topological polar surface area (TPSA) is 91.8 Å². The molecule has 2 N–H and O–H groups in total. The first-order valence-electron chi connectivity index (χ1n) is 8.51. The van der Waals surface area contributed by atoms with Gasteiger partial charge in [-0.15, -0.1) is 0 Å². The van der Waals surface area contributed by atoms with Crippen molar-refractivity contribution in [2.45, 2.75) is 19.9 Å². The quantitative estimate of drug-likeness (QED) is 0.841. The Bertz CT molecular complexity index is 860. The third-order valence-electron chi connectivity index (χ3n) is 4.57. The summed E-state index contributed by atoms with van der Waals surface area (Å²) in [5.41, 5.74) is -0.181. The molecule has 1 aromatic heterocycles. The molecule has 1 fully saturated rings. The van der Waals surface area contributed by atoms with Crippen LogP contribution in [-0.2, 0) is 11.3 Å². The van der Waals surface area contributed by atoms with Crippen LogP contribution in [0.4, 0.5) is 9.18 Å². The molecule has 3 rings (SSSR count). The summed E-state index contributed by atoms with van der Waals surface area (Å²) >= 11 is 0. The molecule has 1 aromatic carbocycles. The predicted molar refractivity (Wildman–Crippen MR) is 94.9 cm³/mol. The summed E-state index contributed by atoms with van der Waals surface area (Å²) in [6, 6.07) is 9.00. The first kappa shape index (κ1) is 18.6. The second-order valence-corrected chi connectivity index (χ2v) is 6.73. The number of nitrogens with zero attached hydrogens (tertiary/aromatic N) is 2. The van der Waals surface area contributed by atoms with Crippen LogP contribution in [0.15, 0.2) is 42.6 Å². The van der Waals surface area contributed by atoms with Gasteiger partial charge in [0.1, 0.15) is 0 Å². The molecule has 1 aliphatic rings. The molecule has 0 aliphatic carbocycles. The van der Waals surface area contributed by atoms with E-state index in [0.717, 1.165) is 5.56 Å². The molecule has 2 aromatic rings. The minimum atomic E-state index is -0.908. The third-order valence-corrected chi connectivity index (χ3v) is 4.57. The zero-order chi connectivity index (χ0) is 19.4. The van der Waals surface area contributed by atoms with E-state index in [0.29, 0.717) is 13.0 Å². The number of aliphatic carboxylic acids is 1. The number of pyridine rings is 1. The number of nitrogens with one attached hydrogen (secondary N) is 1. The number of halogens is 1. The van der Waals surface area contributed by atoms with E-state index in [1.807, 2.05) is 0 Å². The number of hydrogen-bond donors (Lipinski definition) is 2. The lowest BCUT2D eigenvalue weighted by molar-refractivity contribution is -0.147. The Hall–Kier alpha value is -3.16. The van der Waals surface area contributed by atoms with Gasteiger partial charge in [-0.2, -0.15) is 0 Å². The number of ether oxygens (including phenoxy) is 1. The monoisotopic (exact) mass is 373 g/mol. The van der Waals surface area contributed by atoms with Crippen LogP contribution in [0.2, 0.25) is 0 Å². The molecule has 0 saturated carbocycles. The average Bonchev–Trinajstić information content (AvgIpc) is 3.06. The Morgan fingerprint density at radius 1 is 1.37 bits per heavy atom. The summed E-state index contributed by atoms with van der Waals surface area (Å²) < 4.78 is 19.1. The third kappa shape index (κ3) is 4.33. The smallest absolute Gasteiger partial charge is 0.317 e. The fourth-order valence-corrected chi connectivity index (χ4v) is 2.85. The van der Waals surface area contributed by atoms with Crippen molar-refractivity contribution in [3.63, 3.8) is 0 Å². The highest BCUT2D eigenvalue weighted by Gasteiger charge is 2.42. The second kappa shape index (κ2) is 7.61. The lowest BCUT2D eigenvalue weighted by Gasteiger charge is -2.20. The Kier molecular flexibility index (Phi) is 5.25. The Morgan fingerprint density at radius 3 is 2.85 bits per heavy atom. The molecule has 27 heavy (non-hydrogen) atoms. The van der Waals surface area contributed by atoms with Crippen molar-refractivity contribution in [2.75, 3.05) is 13.1 Å². The van der Waals surface area contributed by atoms with Crippen molar-refractivity contribution in [2.24, 2.45) is 5.41 Å². The van der Waals surface area contributed by atoms with E-state index in [9.17, 15) is 19.1 Å². The van der Waals surface area contributed by atoms with E-state index in [2.05, 4.69) is 10.3 Å². The molecule has 1 unspecified atom stereocenters. The molecule has 142 valence electrons. The number of benzene rings is 1. The minimum absolute atomic E-state index is 0.0659. The van der Waals surface area contributed by atoms with Gasteiger partial charge in [-0.25, -0.2) is 14.2 Å². The van der Waals surface area contributed by atoms with E-state index < -0.39 is 17.2 Å². The minimum Gasteiger partial charge on any atom is -0.481 e. The lowest BCUT2D eigenvalue weighted by Crippen LogP contribution is -2.40. The number of rotatable bonds is 5. The fourth-order valence-electron chi connectivity index (χ4n) is 2.85. The number of para-hydroxylation sites is 1. The number of likely N-dealkylation sites (tertiary alicyclic amines) is 1. The highest BCUT2D eigenvalue weighted by atomic mass is 19.1. The van der Waals surface area contributed by atoms with Gasteiger partial charge in [-0.1, -0.05) is 12.1 Å². The van der Waals surface area contributed by atoms with Crippen LogP contribution in [0.1, 0.15) is 18.9 Å². The maximum atomic E-state index is 13.7. The average molecular weight is 373 g/mol. The Labute approximate surface area is 155 Å². The van der Waals surface area contributed by atoms with Gasteiger partial charge in [0, 0.05) is 31.9 Å². The summed E-state index contributed by atoms with van der Waals surface area (Å²) in [5, 5.41) is 12.0. The second-order valence-electron chi connectivity index (χ2n) is 6.73. The maximum absolute atomic E-state index is 13.7. The van der Waals surface area contributed by atoms with Gasteiger partial charge < -0.3 is 20.1 Å². The van der Waals surface area contributed by atoms with Gasteiger partial charge in [0.05, 0.1) is 5.41 Å². The predicted octanol–water partition coefficient (Wildman–Crippen LogP) is 3.02. The van der Waals surface area contributed by atoms with Gasteiger partial charge in [-0.05, 0) is 37.1 Å². The van der Waals surface area contributed by atoms with Gasteiger partial charge >= 0.3 is 12.0 Å². The molecule has 8 heteroatoms. The van der Waals surface area contributed by atoms with Crippen LogP contribution in [0.5, 0.6) is 11.6 Å². The van der Waals surface area contributed by atoms with Crippen LogP contribution in [0.3, 0.4) is 0 Å². The number of aromatic nitrogens is 1. The lowest BCUT2D eigenvalue weighted by atomic mass is 9.90. The molecule has 2 heterocycles. The van der Waals surface area contributed by atoms with Crippen LogP contribution in [0.25, 0.3) is 0 Å². The number of hydrogen-bond acceptors (Lipinski definition) is 4. The molecule has 0 spiro atoms. The van der Waals surface area contributed by atoms with E-state index in [1.54, 1.807) is 31.2 Å². The molecule has 1 aliphatic heterocycles.